The maximum absolute atomic E-state index is 11.5. The van der Waals surface area contributed by atoms with Crippen molar-refractivity contribution in [2.24, 2.45) is 17.6 Å². The quantitative estimate of drug-likeness (QED) is 0.619. The van der Waals surface area contributed by atoms with Crippen LogP contribution in [0.3, 0.4) is 0 Å². The van der Waals surface area contributed by atoms with E-state index < -0.39 is 0 Å². The molecule has 0 aromatic heterocycles. The zero-order chi connectivity index (χ0) is 10.0. The Morgan fingerprint density at radius 1 is 1.62 bits per heavy atom. The summed E-state index contributed by atoms with van der Waals surface area (Å²) in [6.07, 6.45) is 0. The SMILES string of the molecule is CC(C)C(N)C(=O)N1CC(CO)C1. The van der Waals surface area contributed by atoms with Crippen molar-refractivity contribution < 1.29 is 9.90 Å². The summed E-state index contributed by atoms with van der Waals surface area (Å²) in [6.45, 7) is 5.37. The van der Waals surface area contributed by atoms with E-state index in [-0.39, 0.29) is 30.4 Å². The number of carbonyl (C=O) groups is 1. The van der Waals surface area contributed by atoms with Crippen LogP contribution in [-0.4, -0.2) is 41.7 Å². The van der Waals surface area contributed by atoms with Crippen LogP contribution in [0.25, 0.3) is 0 Å². The number of hydrogen-bond acceptors (Lipinski definition) is 3. The molecule has 0 radical (unpaired) electrons. The fraction of sp³-hybridized carbons (Fsp3) is 0.889. The van der Waals surface area contributed by atoms with Crippen LogP contribution in [0.1, 0.15) is 13.8 Å². The molecule has 4 heteroatoms. The Balaban J connectivity index is 2.34. The molecule has 1 saturated heterocycles. The number of carbonyl (C=O) groups excluding carboxylic acids is 1. The second-order valence-electron chi connectivity index (χ2n) is 4.06. The van der Waals surface area contributed by atoms with Gasteiger partial charge in [0.2, 0.25) is 5.91 Å². The van der Waals surface area contributed by atoms with Crippen LogP contribution in [0.4, 0.5) is 0 Å². The van der Waals surface area contributed by atoms with E-state index in [9.17, 15) is 4.79 Å². The first-order chi connectivity index (χ1) is 6.06. The average molecular weight is 186 g/mol. The van der Waals surface area contributed by atoms with Gasteiger partial charge in [0.25, 0.3) is 0 Å². The monoisotopic (exact) mass is 186 g/mol. The van der Waals surface area contributed by atoms with Crippen molar-refractivity contribution in [2.45, 2.75) is 19.9 Å². The average Bonchev–Trinajstić information content (AvgIpc) is 2.00. The minimum absolute atomic E-state index is 0.0136. The van der Waals surface area contributed by atoms with E-state index in [0.717, 1.165) is 0 Å². The van der Waals surface area contributed by atoms with E-state index in [2.05, 4.69) is 0 Å². The lowest BCUT2D eigenvalue weighted by Gasteiger charge is -2.40. The maximum Gasteiger partial charge on any atom is 0.239 e. The van der Waals surface area contributed by atoms with Gasteiger partial charge >= 0.3 is 0 Å². The number of likely N-dealkylation sites (tertiary alicyclic amines) is 1. The molecule has 0 aromatic carbocycles. The fourth-order valence-electron chi connectivity index (χ4n) is 1.36. The van der Waals surface area contributed by atoms with Crippen molar-refractivity contribution in [1.82, 2.24) is 4.90 Å². The zero-order valence-corrected chi connectivity index (χ0v) is 8.23. The number of hydrogen-bond donors (Lipinski definition) is 2. The predicted molar refractivity (Wildman–Crippen MR) is 50.0 cm³/mol. The van der Waals surface area contributed by atoms with Crippen molar-refractivity contribution in [3.05, 3.63) is 0 Å². The van der Waals surface area contributed by atoms with Crippen LogP contribution < -0.4 is 5.73 Å². The Labute approximate surface area is 78.7 Å². The molecule has 1 heterocycles. The van der Waals surface area contributed by atoms with Gasteiger partial charge in [0, 0.05) is 25.6 Å². The molecule has 0 aliphatic carbocycles. The van der Waals surface area contributed by atoms with Crippen LogP contribution in [0.15, 0.2) is 0 Å². The molecule has 1 fully saturated rings. The molecule has 76 valence electrons. The summed E-state index contributed by atoms with van der Waals surface area (Å²) in [5.74, 6) is 0.462. The molecular formula is C9H18N2O2. The van der Waals surface area contributed by atoms with Gasteiger partial charge in [0.1, 0.15) is 0 Å². The van der Waals surface area contributed by atoms with Gasteiger partial charge in [-0.05, 0) is 5.92 Å². The molecule has 1 amide bonds. The molecule has 0 aromatic rings. The van der Waals surface area contributed by atoms with Crippen LogP contribution in [0.2, 0.25) is 0 Å². The van der Waals surface area contributed by atoms with Crippen LogP contribution in [-0.2, 0) is 4.79 Å². The molecule has 4 nitrogen and oxygen atoms in total. The van der Waals surface area contributed by atoms with E-state index in [1.54, 1.807) is 4.90 Å². The van der Waals surface area contributed by atoms with Gasteiger partial charge < -0.3 is 15.7 Å². The highest BCUT2D eigenvalue weighted by molar-refractivity contribution is 5.82. The largest absolute Gasteiger partial charge is 0.396 e. The van der Waals surface area contributed by atoms with Crippen LogP contribution in [0, 0.1) is 11.8 Å². The molecule has 0 saturated carbocycles. The molecule has 1 atom stereocenters. The third-order valence-corrected chi connectivity index (χ3v) is 2.53. The summed E-state index contributed by atoms with van der Waals surface area (Å²) >= 11 is 0. The number of aliphatic hydroxyl groups is 1. The highest BCUT2D eigenvalue weighted by Crippen LogP contribution is 2.16. The first kappa shape index (κ1) is 10.5. The van der Waals surface area contributed by atoms with Gasteiger partial charge in [-0.1, -0.05) is 13.8 Å². The lowest BCUT2D eigenvalue weighted by atomic mass is 9.97. The van der Waals surface area contributed by atoms with Crippen molar-refractivity contribution in [3.63, 3.8) is 0 Å². The van der Waals surface area contributed by atoms with E-state index in [1.165, 1.54) is 0 Å². The third kappa shape index (κ3) is 2.19. The van der Waals surface area contributed by atoms with Gasteiger partial charge in [0.15, 0.2) is 0 Å². The first-order valence-corrected chi connectivity index (χ1v) is 4.71. The summed E-state index contributed by atoms with van der Waals surface area (Å²) in [7, 11) is 0. The van der Waals surface area contributed by atoms with Crippen molar-refractivity contribution in [1.29, 1.82) is 0 Å². The number of amides is 1. The Morgan fingerprint density at radius 3 is 2.54 bits per heavy atom. The minimum Gasteiger partial charge on any atom is -0.396 e. The van der Waals surface area contributed by atoms with E-state index in [4.69, 9.17) is 10.8 Å². The molecule has 0 spiro atoms. The third-order valence-electron chi connectivity index (χ3n) is 2.53. The van der Waals surface area contributed by atoms with Gasteiger partial charge in [0.05, 0.1) is 6.04 Å². The smallest absolute Gasteiger partial charge is 0.239 e. The minimum atomic E-state index is -0.389. The summed E-state index contributed by atoms with van der Waals surface area (Å²) in [6, 6.07) is -0.389. The summed E-state index contributed by atoms with van der Waals surface area (Å²) < 4.78 is 0. The topological polar surface area (TPSA) is 66.6 Å². The molecule has 1 rings (SSSR count). The Kier molecular flexibility index (Phi) is 3.27. The zero-order valence-electron chi connectivity index (χ0n) is 8.23. The van der Waals surface area contributed by atoms with E-state index in [0.29, 0.717) is 13.1 Å². The van der Waals surface area contributed by atoms with Gasteiger partial charge in [-0.25, -0.2) is 0 Å². The predicted octanol–water partition coefficient (Wildman–Crippen LogP) is -0.580. The van der Waals surface area contributed by atoms with Crippen LogP contribution >= 0.6 is 0 Å². The summed E-state index contributed by atoms with van der Waals surface area (Å²) in [5, 5.41) is 8.76. The second-order valence-corrected chi connectivity index (χ2v) is 4.06. The Morgan fingerprint density at radius 2 is 2.15 bits per heavy atom. The number of rotatable bonds is 3. The van der Waals surface area contributed by atoms with E-state index in [1.807, 2.05) is 13.8 Å². The second kappa shape index (κ2) is 4.07. The molecule has 1 aliphatic rings. The highest BCUT2D eigenvalue weighted by Gasteiger charge is 2.33. The van der Waals surface area contributed by atoms with Crippen LogP contribution in [0.5, 0.6) is 0 Å². The molecular weight excluding hydrogens is 168 g/mol. The standard InChI is InChI=1S/C9H18N2O2/c1-6(2)8(10)9(13)11-3-7(4-11)5-12/h6-8,12H,3-5,10H2,1-2H3. The van der Waals surface area contributed by atoms with Gasteiger partial charge in [-0.2, -0.15) is 0 Å². The van der Waals surface area contributed by atoms with Crippen molar-refractivity contribution in [3.8, 4) is 0 Å². The normalized spacial score (nSPS) is 20.2. The van der Waals surface area contributed by atoms with Crippen molar-refractivity contribution in [2.75, 3.05) is 19.7 Å². The lowest BCUT2D eigenvalue weighted by Crippen LogP contribution is -2.57. The molecule has 13 heavy (non-hydrogen) atoms. The molecule has 1 aliphatic heterocycles. The first-order valence-electron chi connectivity index (χ1n) is 4.71. The number of nitrogens with two attached hydrogens (primary N) is 1. The van der Waals surface area contributed by atoms with Crippen molar-refractivity contribution >= 4 is 5.91 Å². The molecule has 3 N–H and O–H groups in total. The lowest BCUT2D eigenvalue weighted by molar-refractivity contribution is -0.140. The Hall–Kier alpha value is -0.610. The highest BCUT2D eigenvalue weighted by atomic mass is 16.3. The Bertz CT molecular complexity index is 188. The summed E-state index contributed by atoms with van der Waals surface area (Å²) in [4.78, 5) is 13.3. The van der Waals surface area contributed by atoms with E-state index >= 15 is 0 Å². The fourth-order valence-corrected chi connectivity index (χ4v) is 1.36. The summed E-state index contributed by atoms with van der Waals surface area (Å²) in [5.41, 5.74) is 5.70. The van der Waals surface area contributed by atoms with Gasteiger partial charge in [-0.3, -0.25) is 4.79 Å². The molecule has 1 unspecified atom stereocenters. The maximum atomic E-state index is 11.5. The number of aliphatic hydroxyl groups excluding tert-OH is 1. The molecule has 0 bridgehead atoms. The number of nitrogens with zero attached hydrogens (tertiary/aromatic N) is 1. The van der Waals surface area contributed by atoms with Gasteiger partial charge in [-0.15, -0.1) is 0 Å².